The van der Waals surface area contributed by atoms with Gasteiger partial charge >= 0.3 is 0 Å². The van der Waals surface area contributed by atoms with E-state index in [0.717, 1.165) is 0 Å². The third-order valence-electron chi connectivity index (χ3n) is 6.85. The highest BCUT2D eigenvalue weighted by Gasteiger charge is 2.47. The fourth-order valence-electron chi connectivity index (χ4n) is 5.46. The molecule has 0 aromatic heterocycles. The molecule has 1 aliphatic carbocycles. The first-order chi connectivity index (χ1) is 12.8. The Morgan fingerprint density at radius 1 is 0.852 bits per heavy atom. The van der Waals surface area contributed by atoms with Gasteiger partial charge in [-0.15, -0.1) is 0 Å². The van der Waals surface area contributed by atoms with E-state index in [1.807, 2.05) is 0 Å². The first kappa shape index (κ1) is 22.4. The van der Waals surface area contributed by atoms with Crippen LogP contribution in [0.3, 0.4) is 0 Å². The second-order valence-electron chi connectivity index (χ2n) is 9.49. The predicted octanol–water partition coefficient (Wildman–Crippen LogP) is 8.45. The van der Waals surface area contributed by atoms with Crippen LogP contribution in [0.15, 0.2) is 42.5 Å². The van der Waals surface area contributed by atoms with Gasteiger partial charge in [0.15, 0.2) is 0 Å². The van der Waals surface area contributed by atoms with Gasteiger partial charge in [0, 0.05) is 0 Å². The number of rotatable bonds is 8. The number of hydrogen-bond donors (Lipinski definition) is 0. The van der Waals surface area contributed by atoms with Gasteiger partial charge < -0.3 is 4.43 Å². The van der Waals surface area contributed by atoms with Crippen molar-refractivity contribution in [1.82, 2.24) is 0 Å². The van der Waals surface area contributed by atoms with Gasteiger partial charge in [-0.05, 0) is 46.5 Å². The van der Waals surface area contributed by atoms with E-state index < -0.39 is 8.32 Å². The SMILES string of the molecule is C=C(C1CCCCCC1)C(O[Si](C(C)C)(C(C)C)C(C)C)c1ccccc1. The Kier molecular flexibility index (Phi) is 8.36. The van der Waals surface area contributed by atoms with Gasteiger partial charge in [-0.3, -0.25) is 0 Å². The van der Waals surface area contributed by atoms with E-state index in [9.17, 15) is 0 Å². The minimum absolute atomic E-state index is 0.0492. The molecule has 0 radical (unpaired) electrons. The maximum absolute atomic E-state index is 7.30. The van der Waals surface area contributed by atoms with Gasteiger partial charge in [-0.1, -0.05) is 104 Å². The molecule has 152 valence electrons. The number of hydrogen-bond acceptors (Lipinski definition) is 1. The van der Waals surface area contributed by atoms with Gasteiger partial charge in [-0.2, -0.15) is 0 Å². The first-order valence-electron chi connectivity index (χ1n) is 11.2. The van der Waals surface area contributed by atoms with Crippen molar-refractivity contribution < 1.29 is 4.43 Å². The summed E-state index contributed by atoms with van der Waals surface area (Å²) < 4.78 is 7.30. The van der Waals surface area contributed by atoms with Crippen LogP contribution in [-0.4, -0.2) is 8.32 Å². The van der Waals surface area contributed by atoms with Crippen LogP contribution in [0, 0.1) is 5.92 Å². The minimum atomic E-state index is -1.97. The van der Waals surface area contributed by atoms with Crippen LogP contribution in [0.1, 0.15) is 91.7 Å². The fraction of sp³-hybridized carbons (Fsp3) is 0.680. The molecule has 0 saturated heterocycles. The third kappa shape index (κ3) is 5.15. The number of benzene rings is 1. The van der Waals surface area contributed by atoms with Crippen LogP contribution in [0.2, 0.25) is 16.6 Å². The topological polar surface area (TPSA) is 9.23 Å². The molecule has 1 atom stereocenters. The van der Waals surface area contributed by atoms with Crippen LogP contribution >= 0.6 is 0 Å². The van der Waals surface area contributed by atoms with E-state index >= 15 is 0 Å². The van der Waals surface area contributed by atoms with E-state index in [4.69, 9.17) is 4.43 Å². The Bertz CT molecular complexity index is 545. The zero-order valence-corrected chi connectivity index (χ0v) is 19.6. The average molecular weight is 387 g/mol. The molecule has 1 unspecified atom stereocenters. The van der Waals surface area contributed by atoms with Crippen molar-refractivity contribution in [3.63, 3.8) is 0 Å². The van der Waals surface area contributed by atoms with Crippen molar-refractivity contribution in [2.24, 2.45) is 5.92 Å². The summed E-state index contributed by atoms with van der Waals surface area (Å²) in [4.78, 5) is 0. The second kappa shape index (κ2) is 10.1. The predicted molar refractivity (Wildman–Crippen MR) is 122 cm³/mol. The lowest BCUT2D eigenvalue weighted by atomic mass is 9.87. The maximum atomic E-state index is 7.30. The highest BCUT2D eigenvalue weighted by atomic mass is 28.4. The van der Waals surface area contributed by atoms with Gasteiger partial charge in [0.05, 0.1) is 6.10 Å². The molecule has 1 aliphatic rings. The fourth-order valence-corrected chi connectivity index (χ4v) is 11.0. The van der Waals surface area contributed by atoms with Gasteiger partial charge in [0.2, 0.25) is 8.32 Å². The van der Waals surface area contributed by atoms with Crippen LogP contribution in [0.25, 0.3) is 0 Å². The second-order valence-corrected chi connectivity index (χ2v) is 14.9. The van der Waals surface area contributed by atoms with Crippen LogP contribution in [-0.2, 0) is 4.43 Å². The smallest absolute Gasteiger partial charge is 0.201 e. The summed E-state index contributed by atoms with van der Waals surface area (Å²) in [6.07, 6.45) is 8.05. The average Bonchev–Trinajstić information content (AvgIpc) is 2.91. The minimum Gasteiger partial charge on any atom is -0.405 e. The van der Waals surface area contributed by atoms with Crippen molar-refractivity contribution in [3.8, 4) is 0 Å². The normalized spacial score (nSPS) is 18.1. The third-order valence-corrected chi connectivity index (χ3v) is 12.9. The molecule has 2 rings (SSSR count). The first-order valence-corrected chi connectivity index (χ1v) is 13.4. The van der Waals surface area contributed by atoms with Gasteiger partial charge in [0.1, 0.15) is 0 Å². The Balaban J connectivity index is 2.41. The van der Waals surface area contributed by atoms with E-state index in [-0.39, 0.29) is 6.10 Å². The van der Waals surface area contributed by atoms with Crippen LogP contribution in [0.5, 0.6) is 0 Å². The molecule has 1 aromatic rings. The lowest BCUT2D eigenvalue weighted by molar-refractivity contribution is 0.194. The highest BCUT2D eigenvalue weighted by Crippen LogP contribution is 2.48. The van der Waals surface area contributed by atoms with Crippen molar-refractivity contribution in [3.05, 3.63) is 48.0 Å². The van der Waals surface area contributed by atoms with Crippen molar-refractivity contribution in [2.45, 2.75) is 103 Å². The van der Waals surface area contributed by atoms with Gasteiger partial charge in [-0.25, -0.2) is 0 Å². The van der Waals surface area contributed by atoms with Crippen molar-refractivity contribution in [2.75, 3.05) is 0 Å². The summed E-state index contributed by atoms with van der Waals surface area (Å²) in [6.45, 7) is 18.9. The van der Waals surface area contributed by atoms with E-state index in [0.29, 0.717) is 22.5 Å². The molecule has 1 aromatic carbocycles. The highest BCUT2D eigenvalue weighted by molar-refractivity contribution is 6.77. The summed E-state index contributed by atoms with van der Waals surface area (Å²) >= 11 is 0. The van der Waals surface area contributed by atoms with E-state index in [2.05, 4.69) is 78.5 Å². The van der Waals surface area contributed by atoms with E-state index in [1.54, 1.807) is 0 Å². The molecule has 0 spiro atoms. The molecular formula is C25H42OSi. The molecule has 27 heavy (non-hydrogen) atoms. The molecule has 1 saturated carbocycles. The summed E-state index contributed by atoms with van der Waals surface area (Å²) in [7, 11) is -1.97. The summed E-state index contributed by atoms with van der Waals surface area (Å²) in [6, 6.07) is 10.9. The van der Waals surface area contributed by atoms with Gasteiger partial charge in [0.25, 0.3) is 0 Å². The van der Waals surface area contributed by atoms with E-state index in [1.165, 1.54) is 49.7 Å². The Morgan fingerprint density at radius 2 is 1.33 bits per heavy atom. The van der Waals surface area contributed by atoms with Crippen LogP contribution in [0.4, 0.5) is 0 Å². The Labute approximate surface area is 169 Å². The molecule has 0 heterocycles. The summed E-state index contributed by atoms with van der Waals surface area (Å²) in [5.74, 6) is 0.607. The monoisotopic (exact) mass is 386 g/mol. The summed E-state index contributed by atoms with van der Waals surface area (Å²) in [5.41, 5.74) is 4.40. The molecule has 0 aliphatic heterocycles. The zero-order chi connectivity index (χ0) is 20.0. The molecule has 1 fully saturated rings. The maximum Gasteiger partial charge on any atom is 0.201 e. The summed E-state index contributed by atoms with van der Waals surface area (Å²) in [5, 5.41) is 0. The molecule has 0 bridgehead atoms. The Hall–Kier alpha value is -0.863. The zero-order valence-electron chi connectivity index (χ0n) is 18.6. The Morgan fingerprint density at radius 3 is 1.78 bits per heavy atom. The molecule has 2 heteroatoms. The largest absolute Gasteiger partial charge is 0.405 e. The quantitative estimate of drug-likeness (QED) is 0.247. The molecule has 0 N–H and O–H groups in total. The molecular weight excluding hydrogens is 344 g/mol. The van der Waals surface area contributed by atoms with Crippen molar-refractivity contribution in [1.29, 1.82) is 0 Å². The lowest BCUT2D eigenvalue weighted by Gasteiger charge is -2.45. The van der Waals surface area contributed by atoms with Crippen molar-refractivity contribution >= 4 is 8.32 Å². The molecule has 0 amide bonds. The standard InChI is InChI=1S/C25H42OSi/c1-19(2)27(20(3)4,21(5)6)26-25(24-17-13-10-14-18-24)22(7)23-15-11-8-9-12-16-23/h10,13-14,17-21,23,25H,7-9,11-12,15-16H2,1-6H3. The molecule has 1 nitrogen and oxygen atoms in total. The van der Waals surface area contributed by atoms with Crippen LogP contribution < -0.4 is 0 Å². The lowest BCUT2D eigenvalue weighted by Crippen LogP contribution is -2.49.